The molecule has 10 heteroatoms. The van der Waals surface area contributed by atoms with Crippen LogP contribution in [0.3, 0.4) is 0 Å². The van der Waals surface area contributed by atoms with Crippen LogP contribution in [0, 0.1) is 0 Å². The van der Waals surface area contributed by atoms with Gasteiger partial charge < -0.3 is 16.2 Å². The van der Waals surface area contributed by atoms with Crippen molar-refractivity contribution >= 4 is 28.3 Å². The zero-order valence-corrected chi connectivity index (χ0v) is 10.4. The first-order valence-electron chi connectivity index (χ1n) is 4.87. The van der Waals surface area contributed by atoms with Gasteiger partial charge in [-0.25, -0.2) is 9.78 Å². The summed E-state index contributed by atoms with van der Waals surface area (Å²) in [6, 6.07) is 0. The van der Waals surface area contributed by atoms with Crippen molar-refractivity contribution in [3.8, 4) is 0 Å². The number of halogens is 3. The van der Waals surface area contributed by atoms with Gasteiger partial charge in [0, 0.05) is 5.38 Å². The van der Waals surface area contributed by atoms with Crippen LogP contribution in [0.1, 0.15) is 12.6 Å². The van der Waals surface area contributed by atoms with Crippen LogP contribution in [-0.4, -0.2) is 33.7 Å². The van der Waals surface area contributed by atoms with Crippen LogP contribution in [0.15, 0.2) is 5.38 Å². The van der Waals surface area contributed by atoms with Crippen LogP contribution in [0.2, 0.25) is 0 Å². The van der Waals surface area contributed by atoms with Crippen LogP contribution in [-0.2, 0) is 16.0 Å². The quantitative estimate of drug-likeness (QED) is 0.762. The Balaban J connectivity index is 2.81. The summed E-state index contributed by atoms with van der Waals surface area (Å²) < 4.78 is 37.9. The molecule has 0 spiro atoms. The number of nitrogens with one attached hydrogen (secondary N) is 1. The molecule has 1 aromatic rings. The van der Waals surface area contributed by atoms with E-state index in [4.69, 9.17) is 10.8 Å². The van der Waals surface area contributed by atoms with Crippen LogP contribution >= 0.6 is 11.3 Å². The van der Waals surface area contributed by atoms with Crippen LogP contribution in [0.5, 0.6) is 0 Å². The van der Waals surface area contributed by atoms with Crippen LogP contribution in [0.25, 0.3) is 0 Å². The van der Waals surface area contributed by atoms with E-state index < -0.39 is 30.0 Å². The number of aliphatic carboxylic acids is 1. The number of anilines is 1. The number of hydrogen-bond donors (Lipinski definition) is 3. The van der Waals surface area contributed by atoms with Crippen molar-refractivity contribution in [2.45, 2.75) is 25.1 Å². The third-order valence-electron chi connectivity index (χ3n) is 2.30. The first kappa shape index (κ1) is 15.2. The average Bonchev–Trinajstić information content (AvgIpc) is 2.61. The maximum absolute atomic E-state index is 12.6. The largest absolute Gasteiger partial charge is 0.479 e. The van der Waals surface area contributed by atoms with Gasteiger partial charge in [0.1, 0.15) is 0 Å². The monoisotopic (exact) mass is 297 g/mol. The minimum Gasteiger partial charge on any atom is -0.479 e. The first-order chi connectivity index (χ1) is 8.56. The fraction of sp³-hybridized carbons (Fsp3) is 0.444. The molecule has 0 saturated carbocycles. The Labute approximate surface area is 109 Å². The Morgan fingerprint density at radius 2 is 2.11 bits per heavy atom. The third-order valence-corrected chi connectivity index (χ3v) is 3.02. The highest BCUT2D eigenvalue weighted by atomic mass is 32.1. The van der Waals surface area contributed by atoms with Gasteiger partial charge in [-0.3, -0.25) is 4.79 Å². The van der Waals surface area contributed by atoms with Crippen molar-refractivity contribution in [1.29, 1.82) is 0 Å². The first-order valence-corrected chi connectivity index (χ1v) is 5.75. The number of carboxylic acids is 1. The van der Waals surface area contributed by atoms with Crippen molar-refractivity contribution < 1.29 is 27.9 Å². The number of nitrogens with zero attached hydrogens (tertiary/aromatic N) is 1. The number of nitrogens with two attached hydrogens (primary N) is 1. The van der Waals surface area contributed by atoms with E-state index in [2.05, 4.69) is 4.98 Å². The number of carboxylic acid groups (broad SMARTS) is 1. The van der Waals surface area contributed by atoms with Gasteiger partial charge in [-0.1, -0.05) is 0 Å². The SMILES string of the molecule is CC(NC(=O)Cc1csc(N)n1)(C(=O)O)C(F)(F)F. The van der Waals surface area contributed by atoms with E-state index in [1.165, 1.54) is 10.7 Å². The average molecular weight is 297 g/mol. The second kappa shape index (κ2) is 5.03. The van der Waals surface area contributed by atoms with Crippen LogP contribution < -0.4 is 11.1 Å². The number of rotatable bonds is 4. The molecule has 0 aliphatic rings. The Hall–Kier alpha value is -1.84. The van der Waals surface area contributed by atoms with Crippen molar-refractivity contribution in [3.63, 3.8) is 0 Å². The van der Waals surface area contributed by atoms with E-state index in [0.29, 0.717) is 6.92 Å². The van der Waals surface area contributed by atoms with E-state index in [1.54, 1.807) is 0 Å². The van der Waals surface area contributed by atoms with Gasteiger partial charge in [-0.05, 0) is 6.92 Å². The van der Waals surface area contributed by atoms with Gasteiger partial charge in [0.2, 0.25) is 11.4 Å². The molecular formula is C9H10F3N3O3S. The fourth-order valence-corrected chi connectivity index (χ4v) is 1.70. The topological polar surface area (TPSA) is 105 Å². The molecular weight excluding hydrogens is 287 g/mol. The number of carbonyl (C=O) groups excluding carboxylic acids is 1. The van der Waals surface area contributed by atoms with Gasteiger partial charge in [0.05, 0.1) is 12.1 Å². The minimum atomic E-state index is -5.12. The molecule has 4 N–H and O–H groups in total. The van der Waals surface area contributed by atoms with Crippen molar-refractivity contribution in [1.82, 2.24) is 10.3 Å². The second-order valence-electron chi connectivity index (χ2n) is 3.83. The second-order valence-corrected chi connectivity index (χ2v) is 4.72. The summed E-state index contributed by atoms with van der Waals surface area (Å²) in [5.74, 6) is -3.29. The molecule has 0 aliphatic heterocycles. The summed E-state index contributed by atoms with van der Waals surface area (Å²) in [6.45, 7) is 0.378. The summed E-state index contributed by atoms with van der Waals surface area (Å²) in [6.07, 6.45) is -5.59. The number of thiazole rings is 1. The number of nitrogen functional groups attached to an aromatic ring is 1. The lowest BCUT2D eigenvalue weighted by Gasteiger charge is -2.28. The van der Waals surface area contributed by atoms with Crippen molar-refractivity contribution in [3.05, 3.63) is 11.1 Å². The summed E-state index contributed by atoms with van der Waals surface area (Å²) in [4.78, 5) is 25.8. The van der Waals surface area contributed by atoms with E-state index in [1.807, 2.05) is 0 Å². The van der Waals surface area contributed by atoms with Crippen LogP contribution in [0.4, 0.5) is 18.3 Å². The zero-order chi connectivity index (χ0) is 14.8. The molecule has 0 aliphatic carbocycles. The molecule has 1 heterocycles. The lowest BCUT2D eigenvalue weighted by atomic mass is 10.0. The summed E-state index contributed by atoms with van der Waals surface area (Å²) in [5, 5.41) is 11.6. The normalized spacial score (nSPS) is 14.7. The predicted octanol–water partition coefficient (Wildman–Crippen LogP) is 0.790. The molecule has 1 amide bonds. The van der Waals surface area contributed by atoms with Crippen molar-refractivity contribution in [2.75, 3.05) is 5.73 Å². The molecule has 0 saturated heterocycles. The summed E-state index contributed by atoms with van der Waals surface area (Å²) in [7, 11) is 0. The molecule has 106 valence electrons. The number of alkyl halides is 3. The highest BCUT2D eigenvalue weighted by molar-refractivity contribution is 7.13. The lowest BCUT2D eigenvalue weighted by Crippen LogP contribution is -2.62. The van der Waals surface area contributed by atoms with Gasteiger partial charge in [0.25, 0.3) is 0 Å². The van der Waals surface area contributed by atoms with E-state index in [9.17, 15) is 22.8 Å². The smallest absolute Gasteiger partial charge is 0.422 e. The van der Waals surface area contributed by atoms with Gasteiger partial charge in [-0.15, -0.1) is 11.3 Å². The molecule has 0 aromatic carbocycles. The zero-order valence-electron chi connectivity index (χ0n) is 9.61. The predicted molar refractivity (Wildman–Crippen MR) is 60.5 cm³/mol. The fourth-order valence-electron chi connectivity index (χ4n) is 1.14. The Morgan fingerprint density at radius 3 is 2.47 bits per heavy atom. The van der Waals surface area contributed by atoms with E-state index in [-0.39, 0.29) is 10.8 Å². The van der Waals surface area contributed by atoms with Crippen molar-refractivity contribution in [2.24, 2.45) is 0 Å². The maximum atomic E-state index is 12.6. The Kier molecular flexibility index (Phi) is 4.03. The number of carbonyl (C=O) groups is 2. The number of aromatic nitrogens is 1. The molecule has 0 radical (unpaired) electrons. The molecule has 1 aromatic heterocycles. The molecule has 0 fully saturated rings. The minimum absolute atomic E-state index is 0.166. The molecule has 6 nitrogen and oxygen atoms in total. The van der Waals surface area contributed by atoms with E-state index >= 15 is 0 Å². The Morgan fingerprint density at radius 1 is 1.53 bits per heavy atom. The third kappa shape index (κ3) is 3.34. The highest BCUT2D eigenvalue weighted by Crippen LogP contribution is 2.30. The summed E-state index contributed by atoms with van der Waals surface area (Å²) in [5.41, 5.74) is 2.13. The molecule has 1 unspecified atom stereocenters. The van der Waals surface area contributed by atoms with Gasteiger partial charge in [-0.2, -0.15) is 13.2 Å². The van der Waals surface area contributed by atoms with E-state index in [0.717, 1.165) is 11.3 Å². The standard InChI is InChI=1S/C9H10F3N3O3S/c1-8(6(17)18,9(10,11)12)15-5(16)2-4-3-19-7(13)14-4/h3H,2H2,1H3,(H2,13,14)(H,15,16)(H,17,18). The maximum Gasteiger partial charge on any atom is 0.422 e. The molecule has 19 heavy (non-hydrogen) atoms. The lowest BCUT2D eigenvalue weighted by molar-refractivity contribution is -0.206. The summed E-state index contributed by atoms with van der Waals surface area (Å²) >= 11 is 1.02. The Bertz CT molecular complexity index is 502. The molecule has 1 atom stereocenters. The van der Waals surface area contributed by atoms with Gasteiger partial charge in [0.15, 0.2) is 5.13 Å². The highest BCUT2D eigenvalue weighted by Gasteiger charge is 2.58. The number of amides is 1. The molecule has 0 bridgehead atoms. The number of hydrogen-bond acceptors (Lipinski definition) is 5. The molecule has 1 rings (SSSR count). The van der Waals surface area contributed by atoms with Gasteiger partial charge >= 0.3 is 12.1 Å².